The summed E-state index contributed by atoms with van der Waals surface area (Å²) in [5, 5.41) is 15.2. The van der Waals surface area contributed by atoms with E-state index in [1.807, 2.05) is 0 Å². The Labute approximate surface area is 170 Å². The molecule has 3 rings (SSSR count). The lowest BCUT2D eigenvalue weighted by atomic mass is 10.1. The van der Waals surface area contributed by atoms with Gasteiger partial charge in [-0.25, -0.2) is 9.37 Å². The number of hydrogen-bond acceptors (Lipinski definition) is 5. The third-order valence-corrected chi connectivity index (χ3v) is 4.48. The molecule has 0 bridgehead atoms. The number of hydrogen-bond donors (Lipinski definition) is 4. The van der Waals surface area contributed by atoms with Crippen LogP contribution < -0.4 is 16.2 Å². The Balaban J connectivity index is 1.89. The highest BCUT2D eigenvalue weighted by atomic mass is 19.1. The van der Waals surface area contributed by atoms with E-state index in [4.69, 9.17) is 0 Å². The fourth-order valence-electron chi connectivity index (χ4n) is 2.79. The number of rotatable bonds is 5. The molecule has 154 valence electrons. The number of benzene rings is 2. The summed E-state index contributed by atoms with van der Waals surface area (Å²) in [5.41, 5.74) is 0.168. The van der Waals surface area contributed by atoms with Gasteiger partial charge in [0.2, 0.25) is 5.75 Å². The van der Waals surface area contributed by atoms with Crippen molar-refractivity contribution in [1.29, 1.82) is 0 Å². The van der Waals surface area contributed by atoms with Crippen LogP contribution in [0.1, 0.15) is 39.4 Å². The first-order valence-electron chi connectivity index (χ1n) is 9.02. The lowest BCUT2D eigenvalue weighted by molar-refractivity contribution is 0.0929. The van der Waals surface area contributed by atoms with Crippen molar-refractivity contribution in [3.63, 3.8) is 0 Å². The van der Waals surface area contributed by atoms with Gasteiger partial charge in [-0.05, 0) is 36.8 Å². The maximum Gasteiger partial charge on any atom is 0.294 e. The zero-order valence-electron chi connectivity index (χ0n) is 16.2. The first-order valence-corrected chi connectivity index (χ1v) is 9.02. The van der Waals surface area contributed by atoms with Gasteiger partial charge in [-0.2, -0.15) is 0 Å². The maximum atomic E-state index is 13.1. The van der Waals surface area contributed by atoms with Gasteiger partial charge >= 0.3 is 0 Å². The number of aromatic amines is 1. The number of amides is 2. The molecule has 0 saturated carbocycles. The van der Waals surface area contributed by atoms with Crippen molar-refractivity contribution in [1.82, 2.24) is 20.6 Å². The largest absolute Gasteiger partial charge is 0.501 e. The number of nitrogens with zero attached hydrogens (tertiary/aromatic N) is 1. The summed E-state index contributed by atoms with van der Waals surface area (Å²) in [6.45, 7) is 1.67. The lowest BCUT2D eigenvalue weighted by Gasteiger charge is -2.15. The van der Waals surface area contributed by atoms with Gasteiger partial charge in [0.1, 0.15) is 11.6 Å². The van der Waals surface area contributed by atoms with Crippen molar-refractivity contribution in [2.45, 2.75) is 13.0 Å². The quantitative estimate of drug-likeness (QED) is 0.513. The van der Waals surface area contributed by atoms with E-state index in [1.54, 1.807) is 19.1 Å². The monoisotopic (exact) mass is 410 g/mol. The third kappa shape index (κ3) is 4.35. The fraction of sp³-hybridized carbons (Fsp3) is 0.143. The lowest BCUT2D eigenvalue weighted by Crippen LogP contribution is -2.29. The second kappa shape index (κ2) is 8.56. The van der Waals surface area contributed by atoms with Crippen LogP contribution in [0.2, 0.25) is 0 Å². The van der Waals surface area contributed by atoms with E-state index >= 15 is 0 Å². The van der Waals surface area contributed by atoms with Gasteiger partial charge in [0.25, 0.3) is 17.4 Å². The highest BCUT2D eigenvalue weighted by Gasteiger charge is 2.20. The van der Waals surface area contributed by atoms with Gasteiger partial charge in [-0.15, -0.1) is 0 Å². The molecule has 0 saturated heterocycles. The minimum Gasteiger partial charge on any atom is -0.501 e. The molecule has 1 unspecified atom stereocenters. The highest BCUT2D eigenvalue weighted by Crippen LogP contribution is 2.19. The van der Waals surface area contributed by atoms with E-state index < -0.39 is 34.8 Å². The number of carbonyl (C=O) groups is 2. The van der Waals surface area contributed by atoms with Crippen LogP contribution in [-0.2, 0) is 0 Å². The molecule has 0 fully saturated rings. The summed E-state index contributed by atoms with van der Waals surface area (Å²) in [4.78, 5) is 42.9. The SMILES string of the molecule is CNC(=O)c1ccc(-c2nc(C(=O)NC(C)c3ccc(F)cc3)c(O)c(=O)[nH]2)cc1. The minimum absolute atomic E-state index is 0.0563. The number of carbonyl (C=O) groups excluding carboxylic acids is 2. The molecule has 2 aromatic carbocycles. The van der Waals surface area contributed by atoms with E-state index in [1.165, 1.54) is 43.4 Å². The summed E-state index contributed by atoms with van der Waals surface area (Å²) in [6.07, 6.45) is 0. The first-order chi connectivity index (χ1) is 14.3. The van der Waals surface area contributed by atoms with Crippen LogP contribution in [0, 0.1) is 5.82 Å². The molecule has 3 aromatic rings. The Morgan fingerprint density at radius 3 is 2.30 bits per heavy atom. The van der Waals surface area contributed by atoms with Crippen LogP contribution in [0.3, 0.4) is 0 Å². The van der Waals surface area contributed by atoms with Gasteiger partial charge in [-0.1, -0.05) is 24.3 Å². The van der Waals surface area contributed by atoms with Crippen molar-refractivity contribution in [2.75, 3.05) is 7.05 Å². The standard InChI is InChI=1S/C21H19FN4O4/c1-11(12-7-9-15(22)10-8-12)24-20(29)16-17(27)21(30)26-18(25-16)13-3-5-14(6-4-13)19(28)23-2/h3-11,27H,1-2H3,(H,23,28)(H,24,29)(H,25,26,30). The molecule has 9 heteroatoms. The Morgan fingerprint density at radius 2 is 1.70 bits per heavy atom. The van der Waals surface area contributed by atoms with E-state index in [-0.39, 0.29) is 11.7 Å². The van der Waals surface area contributed by atoms with Gasteiger partial charge in [0.15, 0.2) is 5.69 Å². The van der Waals surface area contributed by atoms with Crippen molar-refractivity contribution in [3.8, 4) is 17.1 Å². The zero-order valence-corrected chi connectivity index (χ0v) is 16.2. The first kappa shape index (κ1) is 20.7. The second-order valence-corrected chi connectivity index (χ2v) is 6.51. The molecule has 0 aliphatic rings. The summed E-state index contributed by atoms with van der Waals surface area (Å²) < 4.78 is 13.1. The summed E-state index contributed by atoms with van der Waals surface area (Å²) in [6, 6.07) is 11.2. The van der Waals surface area contributed by atoms with Crippen molar-refractivity contribution >= 4 is 11.8 Å². The molecule has 0 radical (unpaired) electrons. The van der Waals surface area contributed by atoms with Gasteiger partial charge in [-0.3, -0.25) is 14.4 Å². The van der Waals surface area contributed by atoms with Gasteiger partial charge in [0.05, 0.1) is 6.04 Å². The molecule has 0 aliphatic carbocycles. The normalized spacial score (nSPS) is 11.6. The molecule has 0 aliphatic heterocycles. The molecular weight excluding hydrogens is 391 g/mol. The third-order valence-electron chi connectivity index (χ3n) is 4.48. The summed E-state index contributed by atoms with van der Waals surface area (Å²) in [7, 11) is 1.51. The van der Waals surface area contributed by atoms with Crippen molar-refractivity contribution < 1.29 is 19.1 Å². The minimum atomic E-state index is -0.880. The molecule has 0 spiro atoms. The molecule has 1 aromatic heterocycles. The average Bonchev–Trinajstić information content (AvgIpc) is 2.75. The topological polar surface area (TPSA) is 124 Å². The van der Waals surface area contributed by atoms with E-state index in [2.05, 4.69) is 20.6 Å². The van der Waals surface area contributed by atoms with Gasteiger partial charge < -0.3 is 20.7 Å². The average molecular weight is 410 g/mol. The number of H-pyrrole nitrogens is 1. The van der Waals surface area contributed by atoms with E-state index in [0.29, 0.717) is 16.7 Å². The predicted octanol–water partition coefficient (Wildman–Crippen LogP) is 2.13. The molecule has 8 nitrogen and oxygen atoms in total. The molecule has 1 heterocycles. The number of aromatic hydroxyl groups is 1. The summed E-state index contributed by atoms with van der Waals surface area (Å²) >= 11 is 0. The molecule has 30 heavy (non-hydrogen) atoms. The molecule has 1 atom stereocenters. The second-order valence-electron chi connectivity index (χ2n) is 6.51. The maximum absolute atomic E-state index is 13.1. The van der Waals surface area contributed by atoms with Crippen LogP contribution >= 0.6 is 0 Å². The van der Waals surface area contributed by atoms with Crippen LogP contribution in [0.15, 0.2) is 53.3 Å². The molecular formula is C21H19FN4O4. The van der Waals surface area contributed by atoms with Crippen LogP contribution in [0.4, 0.5) is 4.39 Å². The number of nitrogens with one attached hydrogen (secondary N) is 3. The fourth-order valence-corrected chi connectivity index (χ4v) is 2.79. The van der Waals surface area contributed by atoms with Crippen molar-refractivity contribution in [2.24, 2.45) is 0 Å². The Hall–Kier alpha value is -4.01. The predicted molar refractivity (Wildman–Crippen MR) is 108 cm³/mol. The van der Waals surface area contributed by atoms with Crippen LogP contribution in [-0.4, -0.2) is 33.9 Å². The van der Waals surface area contributed by atoms with Crippen LogP contribution in [0.25, 0.3) is 11.4 Å². The summed E-state index contributed by atoms with van der Waals surface area (Å²) in [5.74, 6) is -2.20. The van der Waals surface area contributed by atoms with E-state index in [0.717, 1.165) is 0 Å². The highest BCUT2D eigenvalue weighted by molar-refractivity contribution is 5.96. The molecule has 2 amide bonds. The Morgan fingerprint density at radius 1 is 1.07 bits per heavy atom. The number of halogens is 1. The smallest absolute Gasteiger partial charge is 0.294 e. The molecule has 4 N–H and O–H groups in total. The van der Waals surface area contributed by atoms with E-state index in [9.17, 15) is 23.9 Å². The van der Waals surface area contributed by atoms with Gasteiger partial charge in [0, 0.05) is 18.2 Å². The Bertz CT molecular complexity index is 1140. The van der Waals surface area contributed by atoms with Crippen molar-refractivity contribution in [3.05, 3.63) is 81.5 Å². The van der Waals surface area contributed by atoms with Crippen LogP contribution in [0.5, 0.6) is 5.75 Å². The Kier molecular flexibility index (Phi) is 5.91. The number of aromatic nitrogens is 2. The zero-order chi connectivity index (χ0) is 21.8.